The first-order chi connectivity index (χ1) is 9.17. The molecule has 2 aromatic rings. The van der Waals surface area contributed by atoms with E-state index in [9.17, 15) is 4.79 Å². The quantitative estimate of drug-likeness (QED) is 0.905. The summed E-state index contributed by atoms with van der Waals surface area (Å²) in [6.45, 7) is 0. The molecule has 0 saturated heterocycles. The van der Waals surface area contributed by atoms with E-state index in [0.29, 0.717) is 22.8 Å². The molecule has 5 nitrogen and oxygen atoms in total. The number of nitrogens with zero attached hydrogens (tertiary/aromatic N) is 2. The first-order valence-corrected chi connectivity index (χ1v) is 5.52. The fourth-order valence-corrected chi connectivity index (χ4v) is 1.54. The number of carboxylic acids is 1. The van der Waals surface area contributed by atoms with E-state index in [-0.39, 0.29) is 6.42 Å². The zero-order valence-corrected chi connectivity index (χ0v) is 9.91. The molecule has 1 aromatic heterocycles. The van der Waals surface area contributed by atoms with Crippen molar-refractivity contribution in [1.82, 2.24) is 4.98 Å². The number of hydrogen-bond acceptors (Lipinski definition) is 4. The average Bonchev–Trinajstić information content (AvgIpc) is 2.39. The number of nitriles is 1. The second-order valence-electron chi connectivity index (χ2n) is 3.81. The summed E-state index contributed by atoms with van der Waals surface area (Å²) in [5, 5.41) is 17.4. The third-order valence-electron chi connectivity index (χ3n) is 2.34. The van der Waals surface area contributed by atoms with Crippen LogP contribution in [0.2, 0.25) is 0 Å². The van der Waals surface area contributed by atoms with Gasteiger partial charge in [0, 0.05) is 0 Å². The minimum atomic E-state index is -0.891. The lowest BCUT2D eigenvalue weighted by Gasteiger charge is -2.06. The van der Waals surface area contributed by atoms with E-state index in [1.807, 2.05) is 6.07 Å². The van der Waals surface area contributed by atoms with Crippen LogP contribution in [0.1, 0.15) is 11.3 Å². The van der Waals surface area contributed by atoms with Gasteiger partial charge in [0.05, 0.1) is 12.6 Å². The molecule has 0 atom stereocenters. The molecule has 1 heterocycles. The van der Waals surface area contributed by atoms with E-state index in [4.69, 9.17) is 15.1 Å². The van der Waals surface area contributed by atoms with Crippen LogP contribution in [0.25, 0.3) is 0 Å². The van der Waals surface area contributed by atoms with E-state index in [0.717, 1.165) is 0 Å². The highest BCUT2D eigenvalue weighted by Gasteiger charge is 2.03. The van der Waals surface area contributed by atoms with Crippen molar-refractivity contribution in [3.8, 4) is 17.6 Å². The number of rotatable bonds is 4. The molecule has 1 aromatic carbocycles. The molecule has 2 rings (SSSR count). The highest BCUT2D eigenvalue weighted by molar-refractivity contribution is 5.70. The lowest BCUT2D eigenvalue weighted by Crippen LogP contribution is -1.99. The molecule has 0 fully saturated rings. The molecule has 0 aliphatic heterocycles. The van der Waals surface area contributed by atoms with E-state index >= 15 is 0 Å². The van der Waals surface area contributed by atoms with Crippen LogP contribution in [0.3, 0.4) is 0 Å². The molecule has 0 unspecified atom stereocenters. The van der Waals surface area contributed by atoms with E-state index < -0.39 is 5.97 Å². The SMILES string of the molecule is N#Cc1ccc(Oc2cccc(CC(=O)O)c2)cn1. The van der Waals surface area contributed by atoms with Gasteiger partial charge < -0.3 is 9.84 Å². The predicted octanol–water partition coefficient (Wildman–Crippen LogP) is 2.37. The molecule has 0 aliphatic rings. The molecular weight excluding hydrogens is 244 g/mol. The topological polar surface area (TPSA) is 83.2 Å². The fourth-order valence-electron chi connectivity index (χ4n) is 1.54. The van der Waals surface area contributed by atoms with Crippen LogP contribution in [-0.2, 0) is 11.2 Å². The molecule has 0 radical (unpaired) electrons. The lowest BCUT2D eigenvalue weighted by molar-refractivity contribution is -0.136. The number of pyridine rings is 1. The summed E-state index contributed by atoms with van der Waals surface area (Å²) in [6, 6.07) is 11.9. The number of hydrogen-bond donors (Lipinski definition) is 1. The summed E-state index contributed by atoms with van der Waals surface area (Å²) in [5.41, 5.74) is 0.971. The number of carbonyl (C=O) groups is 1. The van der Waals surface area contributed by atoms with Gasteiger partial charge in [-0.25, -0.2) is 4.98 Å². The van der Waals surface area contributed by atoms with Crippen molar-refractivity contribution in [3.63, 3.8) is 0 Å². The van der Waals surface area contributed by atoms with Crippen molar-refractivity contribution in [2.75, 3.05) is 0 Å². The summed E-state index contributed by atoms with van der Waals surface area (Å²) < 4.78 is 5.54. The van der Waals surface area contributed by atoms with Crippen LogP contribution in [0, 0.1) is 11.3 Å². The maximum absolute atomic E-state index is 10.6. The van der Waals surface area contributed by atoms with Crippen LogP contribution in [0.15, 0.2) is 42.6 Å². The third kappa shape index (κ3) is 3.54. The van der Waals surface area contributed by atoms with Gasteiger partial charge in [-0.1, -0.05) is 12.1 Å². The van der Waals surface area contributed by atoms with Crippen molar-refractivity contribution >= 4 is 5.97 Å². The molecule has 1 N–H and O–H groups in total. The van der Waals surface area contributed by atoms with Gasteiger partial charge in [-0.2, -0.15) is 5.26 Å². The summed E-state index contributed by atoms with van der Waals surface area (Å²) in [5.74, 6) is 0.133. The maximum Gasteiger partial charge on any atom is 0.307 e. The number of aromatic nitrogens is 1. The number of benzene rings is 1. The second kappa shape index (κ2) is 5.65. The van der Waals surface area contributed by atoms with Gasteiger partial charge in [-0.05, 0) is 29.8 Å². The molecule has 94 valence electrons. The Balaban J connectivity index is 2.14. The summed E-state index contributed by atoms with van der Waals surface area (Å²) in [6.07, 6.45) is 1.39. The van der Waals surface area contributed by atoms with Gasteiger partial charge in [0.25, 0.3) is 0 Å². The second-order valence-corrected chi connectivity index (χ2v) is 3.81. The van der Waals surface area contributed by atoms with Crippen molar-refractivity contribution < 1.29 is 14.6 Å². The molecule has 0 spiro atoms. The molecule has 0 aliphatic carbocycles. The highest BCUT2D eigenvalue weighted by atomic mass is 16.5. The Morgan fingerprint density at radius 3 is 2.79 bits per heavy atom. The zero-order chi connectivity index (χ0) is 13.7. The number of ether oxygens (including phenoxy) is 1. The molecule has 19 heavy (non-hydrogen) atoms. The Morgan fingerprint density at radius 2 is 2.16 bits per heavy atom. The summed E-state index contributed by atoms with van der Waals surface area (Å²) in [4.78, 5) is 14.5. The Hall–Kier alpha value is -2.87. The van der Waals surface area contributed by atoms with E-state index in [1.165, 1.54) is 6.20 Å². The van der Waals surface area contributed by atoms with Crippen LogP contribution in [0.4, 0.5) is 0 Å². The largest absolute Gasteiger partial charge is 0.481 e. The molecule has 0 bridgehead atoms. The normalized spacial score (nSPS) is 9.63. The van der Waals surface area contributed by atoms with Gasteiger partial charge in [0.15, 0.2) is 0 Å². The van der Waals surface area contributed by atoms with Gasteiger partial charge in [-0.3, -0.25) is 4.79 Å². The Morgan fingerprint density at radius 1 is 1.32 bits per heavy atom. The summed E-state index contributed by atoms with van der Waals surface area (Å²) >= 11 is 0. The average molecular weight is 254 g/mol. The van der Waals surface area contributed by atoms with Crippen molar-refractivity contribution in [1.29, 1.82) is 5.26 Å². The van der Waals surface area contributed by atoms with E-state index in [1.54, 1.807) is 36.4 Å². The first kappa shape index (κ1) is 12.6. The van der Waals surface area contributed by atoms with Crippen LogP contribution in [-0.4, -0.2) is 16.1 Å². The molecular formula is C14H10N2O3. The minimum absolute atomic E-state index is 0.0528. The Labute approximate surface area is 109 Å². The van der Waals surface area contributed by atoms with Crippen LogP contribution in [0.5, 0.6) is 11.5 Å². The van der Waals surface area contributed by atoms with Crippen molar-refractivity contribution in [2.45, 2.75) is 6.42 Å². The van der Waals surface area contributed by atoms with Gasteiger partial charge in [0.1, 0.15) is 23.3 Å². The fraction of sp³-hybridized carbons (Fsp3) is 0.0714. The predicted molar refractivity (Wildman–Crippen MR) is 66.8 cm³/mol. The van der Waals surface area contributed by atoms with E-state index in [2.05, 4.69) is 4.98 Å². The smallest absolute Gasteiger partial charge is 0.307 e. The molecule has 0 saturated carbocycles. The van der Waals surface area contributed by atoms with Gasteiger partial charge in [-0.15, -0.1) is 0 Å². The van der Waals surface area contributed by atoms with Gasteiger partial charge >= 0.3 is 5.97 Å². The van der Waals surface area contributed by atoms with Crippen molar-refractivity contribution in [3.05, 3.63) is 53.9 Å². The highest BCUT2D eigenvalue weighted by Crippen LogP contribution is 2.21. The number of carboxylic acid groups (broad SMARTS) is 1. The number of aliphatic carboxylic acids is 1. The Bertz CT molecular complexity index is 630. The molecule has 0 amide bonds. The van der Waals surface area contributed by atoms with Crippen LogP contribution >= 0.6 is 0 Å². The Kier molecular flexibility index (Phi) is 3.74. The third-order valence-corrected chi connectivity index (χ3v) is 2.34. The lowest BCUT2D eigenvalue weighted by atomic mass is 10.1. The van der Waals surface area contributed by atoms with Crippen LogP contribution < -0.4 is 4.74 Å². The minimum Gasteiger partial charge on any atom is -0.481 e. The first-order valence-electron chi connectivity index (χ1n) is 5.52. The monoisotopic (exact) mass is 254 g/mol. The maximum atomic E-state index is 10.6. The summed E-state index contributed by atoms with van der Waals surface area (Å²) in [7, 11) is 0. The van der Waals surface area contributed by atoms with Gasteiger partial charge in [0.2, 0.25) is 0 Å². The van der Waals surface area contributed by atoms with Crippen molar-refractivity contribution in [2.24, 2.45) is 0 Å². The standard InChI is InChI=1S/C14H10N2O3/c15-8-11-4-5-13(9-16-11)19-12-3-1-2-10(6-12)7-14(17)18/h1-6,9H,7H2,(H,17,18). The molecule has 5 heteroatoms. The zero-order valence-electron chi connectivity index (χ0n) is 9.91.